The molecule has 2 N–H and O–H groups in total. The summed E-state index contributed by atoms with van der Waals surface area (Å²) in [7, 11) is 1.84. The topological polar surface area (TPSA) is 56.7 Å². The van der Waals surface area contributed by atoms with Gasteiger partial charge in [-0.1, -0.05) is 18.6 Å². The highest BCUT2D eigenvalue weighted by atomic mass is 32.2. The molecule has 0 unspecified atom stereocenters. The lowest BCUT2D eigenvalue weighted by molar-refractivity contribution is -0.122. The highest BCUT2D eigenvalue weighted by molar-refractivity contribution is 8.00. The zero-order valence-electron chi connectivity index (χ0n) is 16.0. The molecule has 1 amide bonds. The number of carbonyl (C=O) groups is 1. The largest absolute Gasteiger partial charge is 0.352 e. The first-order valence-electron chi connectivity index (χ1n) is 9.46. The number of thioether (sulfide) groups is 1. The second kappa shape index (κ2) is 8.33. The van der Waals surface area contributed by atoms with Crippen LogP contribution in [0.2, 0.25) is 0 Å². The Balaban J connectivity index is 1.56. The maximum atomic E-state index is 12.1. The first-order chi connectivity index (χ1) is 12.5. The van der Waals surface area contributed by atoms with E-state index in [9.17, 15) is 4.79 Å². The monoisotopic (exact) mass is 374 g/mol. The zero-order valence-corrected chi connectivity index (χ0v) is 16.9. The van der Waals surface area contributed by atoms with Crippen molar-refractivity contribution in [2.45, 2.75) is 44.4 Å². The Bertz CT molecular complexity index is 670. The highest BCUT2D eigenvalue weighted by Gasteiger charge is 2.28. The number of guanidine groups is 1. The van der Waals surface area contributed by atoms with Crippen LogP contribution in [0.5, 0.6) is 0 Å². The number of nitrogens with zero attached hydrogens (tertiary/aromatic N) is 2. The number of nitrogens with one attached hydrogen (secondary N) is 2. The van der Waals surface area contributed by atoms with Crippen molar-refractivity contribution < 1.29 is 4.79 Å². The van der Waals surface area contributed by atoms with Gasteiger partial charge in [-0.3, -0.25) is 9.79 Å². The van der Waals surface area contributed by atoms with Gasteiger partial charge in [0.25, 0.3) is 0 Å². The van der Waals surface area contributed by atoms with E-state index in [4.69, 9.17) is 0 Å². The lowest BCUT2D eigenvalue weighted by Crippen LogP contribution is -2.50. The van der Waals surface area contributed by atoms with Crippen molar-refractivity contribution in [2.75, 3.05) is 31.2 Å². The Morgan fingerprint density at radius 2 is 2.19 bits per heavy atom. The molecule has 0 atom stereocenters. The fourth-order valence-corrected chi connectivity index (χ4v) is 4.50. The van der Waals surface area contributed by atoms with Crippen molar-refractivity contribution >= 4 is 29.3 Å². The van der Waals surface area contributed by atoms with Gasteiger partial charge >= 0.3 is 0 Å². The molecule has 0 bridgehead atoms. The van der Waals surface area contributed by atoms with Crippen LogP contribution in [0.15, 0.2) is 29.3 Å². The normalized spacial score (nSPS) is 20.4. The molecule has 1 saturated heterocycles. The van der Waals surface area contributed by atoms with Crippen LogP contribution in [0.3, 0.4) is 0 Å². The van der Waals surface area contributed by atoms with E-state index in [2.05, 4.69) is 40.4 Å². The van der Waals surface area contributed by atoms with Gasteiger partial charge in [0.05, 0.1) is 0 Å². The van der Waals surface area contributed by atoms with Gasteiger partial charge in [0.1, 0.15) is 0 Å². The number of benzene rings is 1. The molecule has 1 aromatic rings. The number of amides is 1. The molecule has 0 aromatic heterocycles. The van der Waals surface area contributed by atoms with E-state index >= 15 is 0 Å². The Morgan fingerprint density at radius 3 is 2.85 bits per heavy atom. The molecule has 6 heteroatoms. The van der Waals surface area contributed by atoms with Crippen molar-refractivity contribution in [3.05, 3.63) is 29.8 Å². The summed E-state index contributed by atoms with van der Waals surface area (Å²) in [4.78, 5) is 18.9. The van der Waals surface area contributed by atoms with Crippen LogP contribution in [-0.4, -0.2) is 47.4 Å². The zero-order chi connectivity index (χ0) is 18.6. The minimum Gasteiger partial charge on any atom is -0.352 e. The number of aliphatic imine (C=N–C) groups is 1. The summed E-state index contributed by atoms with van der Waals surface area (Å²) in [5.41, 5.74) is 2.02. The second-order valence-electron chi connectivity index (χ2n) is 7.75. The molecular weight excluding hydrogens is 344 g/mol. The smallest absolute Gasteiger partial charge is 0.227 e. The highest BCUT2D eigenvalue weighted by Crippen LogP contribution is 2.29. The van der Waals surface area contributed by atoms with Crippen molar-refractivity contribution in [1.29, 1.82) is 0 Å². The van der Waals surface area contributed by atoms with Gasteiger partial charge in [-0.15, -0.1) is 0 Å². The van der Waals surface area contributed by atoms with Gasteiger partial charge in [0, 0.05) is 48.8 Å². The fourth-order valence-electron chi connectivity index (χ4n) is 3.38. The van der Waals surface area contributed by atoms with Gasteiger partial charge in [0.2, 0.25) is 5.91 Å². The summed E-state index contributed by atoms with van der Waals surface area (Å²) in [5.74, 6) is 2.43. The molecule has 2 fully saturated rings. The maximum absolute atomic E-state index is 12.1. The van der Waals surface area contributed by atoms with Crippen LogP contribution < -0.4 is 10.6 Å². The van der Waals surface area contributed by atoms with Crippen LogP contribution in [0.4, 0.5) is 5.69 Å². The molecule has 1 aromatic carbocycles. The molecule has 1 aliphatic carbocycles. The van der Waals surface area contributed by atoms with Crippen molar-refractivity contribution in [2.24, 2.45) is 10.9 Å². The number of rotatable bonds is 4. The van der Waals surface area contributed by atoms with E-state index in [0.29, 0.717) is 6.54 Å². The van der Waals surface area contributed by atoms with Crippen LogP contribution in [0.25, 0.3) is 0 Å². The lowest BCUT2D eigenvalue weighted by Gasteiger charge is -2.39. The van der Waals surface area contributed by atoms with Gasteiger partial charge in [-0.2, -0.15) is 11.8 Å². The molecule has 5 nitrogen and oxygen atoms in total. The Morgan fingerprint density at radius 1 is 1.38 bits per heavy atom. The van der Waals surface area contributed by atoms with Crippen LogP contribution >= 0.6 is 11.8 Å². The van der Waals surface area contributed by atoms with Crippen LogP contribution in [0.1, 0.15) is 38.7 Å². The van der Waals surface area contributed by atoms with Crippen molar-refractivity contribution in [1.82, 2.24) is 10.2 Å². The molecule has 0 radical (unpaired) electrons. The third-order valence-corrected chi connectivity index (χ3v) is 6.36. The first kappa shape index (κ1) is 19.1. The Hall–Kier alpha value is -1.69. The van der Waals surface area contributed by atoms with Crippen LogP contribution in [-0.2, 0) is 11.3 Å². The van der Waals surface area contributed by atoms with Gasteiger partial charge in [-0.05, 0) is 44.4 Å². The molecule has 1 saturated carbocycles. The van der Waals surface area contributed by atoms with E-state index in [1.165, 1.54) is 6.42 Å². The van der Waals surface area contributed by atoms with E-state index < -0.39 is 0 Å². The SMILES string of the molecule is CN=C(NCc1cccc(NC(=O)C2CCC2)c1)N1CCSC(C)(C)C1. The number of anilines is 1. The molecule has 1 heterocycles. The number of hydrogen-bond donors (Lipinski definition) is 2. The molecule has 2 aliphatic rings. The molecule has 3 rings (SSSR count). The summed E-state index contributed by atoms with van der Waals surface area (Å²) in [6.07, 6.45) is 3.22. The third kappa shape index (κ3) is 4.93. The summed E-state index contributed by atoms with van der Waals surface area (Å²) in [6.45, 7) is 7.28. The molecule has 26 heavy (non-hydrogen) atoms. The van der Waals surface area contributed by atoms with E-state index in [0.717, 1.165) is 48.9 Å². The van der Waals surface area contributed by atoms with E-state index in [1.807, 2.05) is 37.0 Å². The molecular formula is C20H30N4OS. The average molecular weight is 375 g/mol. The second-order valence-corrected chi connectivity index (χ2v) is 9.55. The molecule has 0 spiro atoms. The first-order valence-corrected chi connectivity index (χ1v) is 10.4. The summed E-state index contributed by atoms with van der Waals surface area (Å²) >= 11 is 2.02. The van der Waals surface area contributed by atoms with Crippen LogP contribution in [0, 0.1) is 5.92 Å². The van der Waals surface area contributed by atoms with Gasteiger partial charge in [0.15, 0.2) is 5.96 Å². The summed E-state index contributed by atoms with van der Waals surface area (Å²) in [6, 6.07) is 8.08. The predicted octanol–water partition coefficient (Wildman–Crippen LogP) is 3.33. The number of carbonyl (C=O) groups excluding carboxylic acids is 1. The molecule has 142 valence electrons. The number of hydrogen-bond acceptors (Lipinski definition) is 3. The lowest BCUT2D eigenvalue weighted by atomic mass is 9.85. The Kier molecular flexibility index (Phi) is 6.12. The van der Waals surface area contributed by atoms with Gasteiger partial charge in [-0.25, -0.2) is 0 Å². The third-order valence-electron chi connectivity index (χ3n) is 5.06. The van der Waals surface area contributed by atoms with Gasteiger partial charge < -0.3 is 15.5 Å². The fraction of sp³-hybridized carbons (Fsp3) is 0.600. The van der Waals surface area contributed by atoms with E-state index in [1.54, 1.807) is 0 Å². The Labute approximate surface area is 161 Å². The van der Waals surface area contributed by atoms with Crippen molar-refractivity contribution in [3.8, 4) is 0 Å². The minimum absolute atomic E-state index is 0.158. The minimum atomic E-state index is 0.158. The standard InChI is InChI=1S/C20H30N4OS/c1-20(2)14-24(10-11-26-20)19(21-3)22-13-15-6-4-9-17(12-15)23-18(25)16-7-5-8-16/h4,6,9,12,16H,5,7-8,10-11,13-14H2,1-3H3,(H,21,22)(H,23,25). The quantitative estimate of drug-likeness (QED) is 0.627. The van der Waals surface area contributed by atoms with E-state index in [-0.39, 0.29) is 16.6 Å². The molecule has 1 aliphatic heterocycles. The summed E-state index contributed by atoms with van der Waals surface area (Å²) < 4.78 is 0.252. The average Bonchev–Trinajstić information content (AvgIpc) is 2.53. The summed E-state index contributed by atoms with van der Waals surface area (Å²) in [5, 5.41) is 6.52. The van der Waals surface area contributed by atoms with Crippen molar-refractivity contribution in [3.63, 3.8) is 0 Å². The predicted molar refractivity (Wildman–Crippen MR) is 111 cm³/mol. The maximum Gasteiger partial charge on any atom is 0.227 e.